The summed E-state index contributed by atoms with van der Waals surface area (Å²) in [5, 5.41) is 22.8. The minimum atomic E-state index is -0.726. The zero-order valence-electron chi connectivity index (χ0n) is 11.0. The molecule has 0 aromatic heterocycles. The molecule has 7 heteroatoms. The average molecular weight is 294 g/mol. The summed E-state index contributed by atoms with van der Waals surface area (Å²) in [6.07, 6.45) is 0. The highest BCUT2D eigenvalue weighted by Crippen LogP contribution is 2.30. The number of nitrogens with zero attached hydrogens (tertiary/aromatic N) is 1. The molecule has 0 bridgehead atoms. The Balaban J connectivity index is 2.31. The van der Waals surface area contributed by atoms with Crippen LogP contribution in [0.2, 0.25) is 0 Å². The van der Waals surface area contributed by atoms with Gasteiger partial charge in [0.15, 0.2) is 0 Å². The highest BCUT2D eigenvalue weighted by molar-refractivity contribution is 5.62. The maximum absolute atomic E-state index is 13.7. The summed E-state index contributed by atoms with van der Waals surface area (Å²) in [6.45, 7) is 1.60. The lowest BCUT2D eigenvalue weighted by atomic mass is 10.1. The first-order valence-electron chi connectivity index (χ1n) is 6.07. The van der Waals surface area contributed by atoms with Gasteiger partial charge in [-0.2, -0.15) is 0 Å². The topological polar surface area (TPSA) is 75.4 Å². The third kappa shape index (κ3) is 3.25. The van der Waals surface area contributed by atoms with E-state index in [1.807, 2.05) is 0 Å². The zero-order chi connectivity index (χ0) is 15.6. The van der Waals surface area contributed by atoms with Crippen LogP contribution in [0.5, 0.6) is 5.75 Å². The minimum absolute atomic E-state index is 0.0846. The molecule has 2 N–H and O–H groups in total. The normalized spacial score (nSPS) is 12.0. The number of hydrogen-bond acceptors (Lipinski definition) is 4. The number of benzene rings is 2. The number of phenols is 1. The Morgan fingerprint density at radius 1 is 1.24 bits per heavy atom. The molecule has 21 heavy (non-hydrogen) atoms. The van der Waals surface area contributed by atoms with Crippen molar-refractivity contribution in [2.75, 3.05) is 5.32 Å². The van der Waals surface area contributed by atoms with E-state index in [0.29, 0.717) is 0 Å². The minimum Gasteiger partial charge on any atom is -0.508 e. The Morgan fingerprint density at radius 3 is 2.57 bits per heavy atom. The van der Waals surface area contributed by atoms with Crippen LogP contribution in [0.3, 0.4) is 0 Å². The highest BCUT2D eigenvalue weighted by atomic mass is 19.1. The van der Waals surface area contributed by atoms with Gasteiger partial charge in [0.2, 0.25) is 0 Å². The van der Waals surface area contributed by atoms with Crippen LogP contribution in [0, 0.1) is 21.7 Å². The van der Waals surface area contributed by atoms with Gasteiger partial charge in [0.25, 0.3) is 5.69 Å². The van der Waals surface area contributed by atoms with Crippen molar-refractivity contribution in [2.45, 2.75) is 13.0 Å². The van der Waals surface area contributed by atoms with E-state index >= 15 is 0 Å². The van der Waals surface area contributed by atoms with Gasteiger partial charge in [0.05, 0.1) is 17.0 Å². The number of aromatic hydroxyl groups is 1. The first-order chi connectivity index (χ1) is 9.88. The second-order valence-electron chi connectivity index (χ2n) is 4.49. The van der Waals surface area contributed by atoms with E-state index in [-0.39, 0.29) is 17.0 Å². The van der Waals surface area contributed by atoms with Gasteiger partial charge in [0.1, 0.15) is 23.1 Å². The number of nitrogens with one attached hydrogen (secondary N) is 1. The molecule has 1 atom stereocenters. The van der Waals surface area contributed by atoms with Crippen molar-refractivity contribution in [1.29, 1.82) is 0 Å². The third-order valence-corrected chi connectivity index (χ3v) is 2.98. The molecule has 2 aromatic carbocycles. The van der Waals surface area contributed by atoms with Gasteiger partial charge >= 0.3 is 0 Å². The van der Waals surface area contributed by atoms with E-state index in [0.717, 1.165) is 18.2 Å². The molecule has 2 aromatic rings. The molecule has 0 spiro atoms. The largest absolute Gasteiger partial charge is 0.508 e. The van der Waals surface area contributed by atoms with E-state index in [1.165, 1.54) is 18.2 Å². The lowest BCUT2D eigenvalue weighted by Gasteiger charge is -2.16. The molecule has 0 saturated heterocycles. The quantitative estimate of drug-likeness (QED) is 0.665. The molecule has 2 rings (SSSR count). The van der Waals surface area contributed by atoms with Crippen molar-refractivity contribution in [3.8, 4) is 5.75 Å². The molecular weight excluding hydrogens is 282 g/mol. The van der Waals surface area contributed by atoms with Crippen molar-refractivity contribution in [2.24, 2.45) is 0 Å². The molecule has 0 radical (unpaired) electrons. The van der Waals surface area contributed by atoms with Gasteiger partial charge in [-0.25, -0.2) is 8.78 Å². The van der Waals surface area contributed by atoms with Crippen molar-refractivity contribution < 1.29 is 18.8 Å². The van der Waals surface area contributed by atoms with E-state index in [2.05, 4.69) is 5.32 Å². The number of halogens is 2. The Hall–Kier alpha value is -2.70. The average Bonchev–Trinajstić information content (AvgIpc) is 2.40. The van der Waals surface area contributed by atoms with Crippen LogP contribution < -0.4 is 5.32 Å². The zero-order valence-corrected chi connectivity index (χ0v) is 11.0. The van der Waals surface area contributed by atoms with Gasteiger partial charge in [-0.15, -0.1) is 0 Å². The number of phenolic OH excluding ortho intramolecular Hbond substituents is 1. The summed E-state index contributed by atoms with van der Waals surface area (Å²) in [6, 6.07) is 6.13. The van der Waals surface area contributed by atoms with Crippen molar-refractivity contribution in [3.05, 3.63) is 63.7 Å². The smallest absolute Gasteiger partial charge is 0.295 e. The Labute approximate surface area is 119 Å². The van der Waals surface area contributed by atoms with Gasteiger partial charge in [-0.3, -0.25) is 10.1 Å². The van der Waals surface area contributed by atoms with E-state index < -0.39 is 28.3 Å². The Kier molecular flexibility index (Phi) is 4.02. The maximum atomic E-state index is 13.7. The fourth-order valence-corrected chi connectivity index (χ4v) is 1.96. The number of nitro benzene ring substituents is 1. The second-order valence-corrected chi connectivity index (χ2v) is 4.49. The number of nitro groups is 1. The summed E-state index contributed by atoms with van der Waals surface area (Å²) in [7, 11) is 0. The summed E-state index contributed by atoms with van der Waals surface area (Å²) < 4.78 is 26.8. The van der Waals surface area contributed by atoms with E-state index in [9.17, 15) is 18.9 Å². The van der Waals surface area contributed by atoms with Crippen molar-refractivity contribution in [1.82, 2.24) is 0 Å². The van der Waals surface area contributed by atoms with Crippen LogP contribution in [0.25, 0.3) is 0 Å². The van der Waals surface area contributed by atoms with Gasteiger partial charge in [0, 0.05) is 11.6 Å². The van der Waals surface area contributed by atoms with E-state index in [1.54, 1.807) is 6.92 Å². The predicted molar refractivity (Wildman–Crippen MR) is 73.2 cm³/mol. The molecule has 0 amide bonds. The molecule has 0 aliphatic rings. The monoisotopic (exact) mass is 294 g/mol. The SMILES string of the molecule is CC(Nc1ccc(F)cc1[N+](=O)[O-])c1ccc(O)cc1F. The van der Waals surface area contributed by atoms with E-state index in [4.69, 9.17) is 5.11 Å². The van der Waals surface area contributed by atoms with Crippen LogP contribution in [0.4, 0.5) is 20.2 Å². The standard InChI is InChI=1S/C14H12F2N2O3/c1-8(11-4-3-10(19)7-12(11)16)17-13-5-2-9(15)6-14(13)18(20)21/h2-8,17,19H,1H3. The molecule has 0 saturated carbocycles. The van der Waals surface area contributed by atoms with Gasteiger partial charge in [-0.05, 0) is 25.1 Å². The predicted octanol–water partition coefficient (Wildman–Crippen LogP) is 3.75. The molecule has 5 nitrogen and oxygen atoms in total. The van der Waals surface area contributed by atoms with Crippen LogP contribution in [-0.2, 0) is 0 Å². The first-order valence-corrected chi connectivity index (χ1v) is 6.07. The van der Waals surface area contributed by atoms with Crippen LogP contribution in [-0.4, -0.2) is 10.0 Å². The third-order valence-electron chi connectivity index (χ3n) is 2.98. The molecule has 0 heterocycles. The molecule has 0 aliphatic carbocycles. The second kappa shape index (κ2) is 5.74. The molecular formula is C14H12F2N2O3. The van der Waals surface area contributed by atoms with Gasteiger partial charge < -0.3 is 10.4 Å². The summed E-state index contributed by atoms with van der Waals surface area (Å²) in [5.74, 6) is -1.58. The first kappa shape index (κ1) is 14.7. The molecule has 110 valence electrons. The lowest BCUT2D eigenvalue weighted by molar-refractivity contribution is -0.384. The number of hydrogen-bond donors (Lipinski definition) is 2. The summed E-state index contributed by atoms with van der Waals surface area (Å²) in [5.41, 5.74) is -0.117. The number of rotatable bonds is 4. The molecule has 0 fully saturated rings. The summed E-state index contributed by atoms with van der Waals surface area (Å²) in [4.78, 5) is 10.2. The van der Waals surface area contributed by atoms with Crippen LogP contribution in [0.1, 0.15) is 18.5 Å². The molecule has 0 aliphatic heterocycles. The fourth-order valence-electron chi connectivity index (χ4n) is 1.96. The highest BCUT2D eigenvalue weighted by Gasteiger charge is 2.18. The van der Waals surface area contributed by atoms with Gasteiger partial charge in [-0.1, -0.05) is 6.07 Å². The molecule has 1 unspecified atom stereocenters. The number of anilines is 1. The summed E-state index contributed by atoms with van der Waals surface area (Å²) >= 11 is 0. The Bertz CT molecular complexity index is 692. The van der Waals surface area contributed by atoms with Crippen LogP contribution in [0.15, 0.2) is 36.4 Å². The fraction of sp³-hybridized carbons (Fsp3) is 0.143. The lowest BCUT2D eigenvalue weighted by Crippen LogP contribution is -2.10. The van der Waals surface area contributed by atoms with Crippen LogP contribution >= 0.6 is 0 Å². The van der Waals surface area contributed by atoms with Crippen molar-refractivity contribution >= 4 is 11.4 Å². The Morgan fingerprint density at radius 2 is 1.95 bits per heavy atom. The van der Waals surface area contributed by atoms with Crippen molar-refractivity contribution in [3.63, 3.8) is 0 Å². The maximum Gasteiger partial charge on any atom is 0.295 e.